The van der Waals surface area contributed by atoms with E-state index >= 15 is 0 Å². The van der Waals surface area contributed by atoms with E-state index in [-0.39, 0.29) is 41.0 Å². The molecule has 0 N–H and O–H groups in total. The van der Waals surface area contributed by atoms with Gasteiger partial charge >= 0.3 is 17.9 Å². The third-order valence-electron chi connectivity index (χ3n) is 10.0. The van der Waals surface area contributed by atoms with Crippen molar-refractivity contribution in [1.29, 1.82) is 0 Å². The molecular weight excluding hydrogens is 428 g/mol. The lowest BCUT2D eigenvalue weighted by Gasteiger charge is -2.65. The van der Waals surface area contributed by atoms with Crippen LogP contribution in [-0.2, 0) is 38.2 Å². The second-order valence-corrected chi connectivity index (χ2v) is 11.2. The first-order valence-electron chi connectivity index (χ1n) is 12.1. The summed E-state index contributed by atoms with van der Waals surface area (Å²) in [5, 5.41) is 0. The van der Waals surface area contributed by atoms with Crippen LogP contribution in [0.2, 0.25) is 0 Å². The maximum absolute atomic E-state index is 14.1. The van der Waals surface area contributed by atoms with Crippen LogP contribution in [0.5, 0.6) is 0 Å². The Morgan fingerprint density at radius 2 is 1.64 bits per heavy atom. The Morgan fingerprint density at radius 1 is 0.939 bits per heavy atom. The molecule has 5 rings (SSSR count). The highest BCUT2D eigenvalue weighted by Gasteiger charge is 2.79. The van der Waals surface area contributed by atoms with E-state index in [4.69, 9.17) is 14.2 Å². The fraction of sp³-hybridized carbons (Fsp3) is 0.800. The van der Waals surface area contributed by atoms with Crippen molar-refractivity contribution in [2.45, 2.75) is 90.4 Å². The minimum absolute atomic E-state index is 0.159. The van der Waals surface area contributed by atoms with Gasteiger partial charge in [-0.05, 0) is 63.2 Å². The van der Waals surface area contributed by atoms with E-state index < -0.39 is 40.8 Å². The smallest absolute Gasteiger partial charge is 0.375 e. The number of carbonyl (C=O) groups excluding carboxylic acids is 5. The van der Waals surface area contributed by atoms with Gasteiger partial charge in [-0.2, -0.15) is 0 Å². The summed E-state index contributed by atoms with van der Waals surface area (Å²) in [5.41, 5.74) is -2.57. The zero-order valence-electron chi connectivity index (χ0n) is 19.7. The summed E-state index contributed by atoms with van der Waals surface area (Å²) in [7, 11) is 0. The molecule has 0 radical (unpaired) electrons. The van der Waals surface area contributed by atoms with Crippen molar-refractivity contribution in [2.24, 2.45) is 34.5 Å². The number of carbonyl (C=O) groups is 5. The Hall–Kier alpha value is -2.25. The second-order valence-electron chi connectivity index (χ2n) is 11.2. The van der Waals surface area contributed by atoms with Gasteiger partial charge in [-0.25, -0.2) is 4.79 Å². The van der Waals surface area contributed by atoms with Crippen LogP contribution in [-0.4, -0.2) is 47.3 Å². The fourth-order valence-electron chi connectivity index (χ4n) is 8.61. The Bertz CT molecular complexity index is 956. The predicted molar refractivity (Wildman–Crippen MR) is 112 cm³/mol. The number of ketones is 2. The molecule has 180 valence electrons. The minimum Gasteiger partial charge on any atom is -0.463 e. The van der Waals surface area contributed by atoms with Gasteiger partial charge < -0.3 is 14.2 Å². The Balaban J connectivity index is 1.60. The molecule has 0 aromatic heterocycles. The van der Waals surface area contributed by atoms with E-state index in [0.717, 1.165) is 6.42 Å². The number of ether oxygens (including phenoxy) is 3. The molecule has 4 saturated carbocycles. The third kappa shape index (κ3) is 2.78. The van der Waals surface area contributed by atoms with Gasteiger partial charge in [0.25, 0.3) is 0 Å². The van der Waals surface area contributed by atoms with Gasteiger partial charge in [0.05, 0.1) is 5.41 Å². The van der Waals surface area contributed by atoms with Gasteiger partial charge in [0.15, 0.2) is 11.9 Å². The zero-order chi connectivity index (χ0) is 23.9. The molecule has 0 aromatic carbocycles. The molecule has 33 heavy (non-hydrogen) atoms. The molecule has 5 fully saturated rings. The summed E-state index contributed by atoms with van der Waals surface area (Å²) in [6.45, 7) is 6.60. The lowest BCUT2D eigenvalue weighted by atomic mass is 9.41. The normalized spacial score (nSPS) is 48.2. The summed E-state index contributed by atoms with van der Waals surface area (Å²) >= 11 is 0. The van der Waals surface area contributed by atoms with Crippen molar-refractivity contribution >= 4 is 29.5 Å². The van der Waals surface area contributed by atoms with E-state index in [1.807, 2.05) is 0 Å². The molecule has 2 bridgehead atoms. The van der Waals surface area contributed by atoms with Crippen molar-refractivity contribution in [3.63, 3.8) is 0 Å². The van der Waals surface area contributed by atoms with Crippen molar-refractivity contribution < 1.29 is 38.2 Å². The van der Waals surface area contributed by atoms with Gasteiger partial charge in [-0.3, -0.25) is 19.2 Å². The van der Waals surface area contributed by atoms with Crippen molar-refractivity contribution in [2.75, 3.05) is 0 Å². The molecule has 9 atom stereocenters. The summed E-state index contributed by atoms with van der Waals surface area (Å²) < 4.78 is 17.2. The van der Waals surface area contributed by atoms with Gasteiger partial charge in [-0.1, -0.05) is 6.92 Å². The number of hydrogen-bond acceptors (Lipinski definition) is 8. The molecule has 4 unspecified atom stereocenters. The number of fused-ring (bicyclic) bond motifs is 3. The number of Topliss-reactive ketones (excluding diaryl/α,β-unsaturated/α-hetero) is 2. The van der Waals surface area contributed by atoms with Gasteiger partial charge in [0.1, 0.15) is 11.7 Å². The molecule has 0 amide bonds. The van der Waals surface area contributed by atoms with Crippen LogP contribution >= 0.6 is 0 Å². The third-order valence-corrected chi connectivity index (χ3v) is 10.0. The lowest BCUT2D eigenvalue weighted by Crippen LogP contribution is -2.74. The molecule has 5 aliphatic rings. The molecule has 1 heterocycles. The van der Waals surface area contributed by atoms with Gasteiger partial charge in [0.2, 0.25) is 5.78 Å². The van der Waals surface area contributed by atoms with E-state index in [0.29, 0.717) is 38.5 Å². The second kappa shape index (κ2) is 7.12. The molecule has 1 saturated heterocycles. The largest absolute Gasteiger partial charge is 0.463 e. The van der Waals surface area contributed by atoms with Crippen LogP contribution in [0.1, 0.15) is 72.6 Å². The molecule has 8 heteroatoms. The van der Waals surface area contributed by atoms with Crippen molar-refractivity contribution in [3.8, 4) is 0 Å². The number of rotatable bonds is 2. The maximum Gasteiger partial charge on any atom is 0.375 e. The van der Waals surface area contributed by atoms with Crippen LogP contribution < -0.4 is 0 Å². The quantitative estimate of drug-likeness (QED) is 0.351. The highest BCUT2D eigenvalue weighted by atomic mass is 16.6. The summed E-state index contributed by atoms with van der Waals surface area (Å²) in [6.07, 6.45) is 3.39. The van der Waals surface area contributed by atoms with E-state index in [1.165, 1.54) is 13.8 Å². The summed E-state index contributed by atoms with van der Waals surface area (Å²) in [5.74, 6) is -3.63. The van der Waals surface area contributed by atoms with Gasteiger partial charge in [0, 0.05) is 31.6 Å². The van der Waals surface area contributed by atoms with Crippen molar-refractivity contribution in [1.82, 2.24) is 0 Å². The zero-order valence-corrected chi connectivity index (χ0v) is 19.7. The summed E-state index contributed by atoms with van der Waals surface area (Å²) in [6, 6.07) is 0. The standard InChI is InChI=1S/C25H32O8/c1-12(26)31-15-7-9-23(3)14(11-15)5-6-16-18(23)20(32-13(2)27)21(29)24(4)17-8-10-25(16,24)33-22(30)19(17)28/h14-18,20H,5-11H2,1-4H3/t14?,15-,16?,17+,18?,20-,23-,24-,25?/m0/s1. The van der Waals surface area contributed by atoms with Crippen LogP contribution in [0.15, 0.2) is 0 Å². The van der Waals surface area contributed by atoms with Crippen LogP contribution in [0.25, 0.3) is 0 Å². The Morgan fingerprint density at radius 3 is 2.30 bits per heavy atom. The average Bonchev–Trinajstić information content (AvgIpc) is 2.95. The average molecular weight is 461 g/mol. The predicted octanol–water partition coefficient (Wildman–Crippen LogP) is 2.55. The SMILES string of the molecule is CC(=O)O[C@H]1CC[C@@]2(C)C(CCC3C2[C@H](OC(C)=O)C(=O)[C@]2(C)[C@@H]4CCC32OC(=O)C4=O)C1. The first-order valence-corrected chi connectivity index (χ1v) is 12.1. The fourth-order valence-corrected chi connectivity index (χ4v) is 8.61. The molecule has 0 aromatic rings. The van der Waals surface area contributed by atoms with E-state index in [1.54, 1.807) is 6.92 Å². The monoisotopic (exact) mass is 460 g/mol. The molecule has 4 aliphatic carbocycles. The van der Waals surface area contributed by atoms with Crippen LogP contribution in [0, 0.1) is 34.5 Å². The Labute approximate surface area is 193 Å². The first kappa shape index (κ1) is 22.5. The molecule has 0 spiro atoms. The first-order chi connectivity index (χ1) is 15.5. The van der Waals surface area contributed by atoms with E-state index in [9.17, 15) is 24.0 Å². The highest BCUT2D eigenvalue weighted by Crippen LogP contribution is 2.70. The van der Waals surface area contributed by atoms with E-state index in [2.05, 4.69) is 6.92 Å². The Kier molecular flexibility index (Phi) is 4.87. The minimum atomic E-state index is -1.18. The topological polar surface area (TPSA) is 113 Å². The van der Waals surface area contributed by atoms with Crippen LogP contribution in [0.3, 0.4) is 0 Å². The lowest BCUT2D eigenvalue weighted by molar-refractivity contribution is -0.252. The highest BCUT2D eigenvalue weighted by molar-refractivity contribution is 6.36. The van der Waals surface area contributed by atoms with Crippen LogP contribution in [0.4, 0.5) is 0 Å². The molecular formula is C25H32O8. The molecule has 1 aliphatic heterocycles. The number of esters is 3. The number of hydrogen-bond donors (Lipinski definition) is 0. The van der Waals surface area contributed by atoms with Crippen molar-refractivity contribution in [3.05, 3.63) is 0 Å². The van der Waals surface area contributed by atoms with Gasteiger partial charge in [-0.15, -0.1) is 0 Å². The molecule has 8 nitrogen and oxygen atoms in total. The summed E-state index contributed by atoms with van der Waals surface area (Å²) in [4.78, 5) is 63.1. The maximum atomic E-state index is 14.1.